The van der Waals surface area contributed by atoms with Crippen LogP contribution in [0.2, 0.25) is 0 Å². The van der Waals surface area contributed by atoms with Gasteiger partial charge in [-0.2, -0.15) is 2.52 Å². The normalized spacial score (nSPS) is 20.6. The number of methoxy groups -OCH3 is 2. The number of thioether (sulfide) groups is 1. The van der Waals surface area contributed by atoms with Crippen molar-refractivity contribution < 1.29 is 106 Å². The number of carboxylic acid groups (broad SMARTS) is 1. The van der Waals surface area contributed by atoms with Gasteiger partial charge in [0.2, 0.25) is 35.4 Å². The maximum atomic E-state index is 14.8. The van der Waals surface area contributed by atoms with Crippen molar-refractivity contribution in [2.24, 2.45) is 28.7 Å². The first-order valence-electron chi connectivity index (χ1n) is 50.3. The molecule has 6 unspecified atom stereocenters. The van der Waals surface area contributed by atoms with E-state index in [9.17, 15) is 63.0 Å². The number of benzene rings is 3. The molecule has 0 aliphatic carbocycles. The van der Waals surface area contributed by atoms with E-state index < -0.39 is 69.3 Å². The molecule has 6 aliphatic heterocycles. The van der Waals surface area contributed by atoms with Gasteiger partial charge in [0.25, 0.3) is 17.7 Å². The molecule has 784 valence electrons. The van der Waals surface area contributed by atoms with Crippen LogP contribution in [0.4, 0.5) is 17.1 Å². The Morgan fingerprint density at radius 1 is 0.704 bits per heavy atom. The van der Waals surface area contributed by atoms with Crippen molar-refractivity contribution in [1.29, 1.82) is 0 Å². The lowest BCUT2D eigenvalue weighted by Gasteiger charge is -2.47. The first kappa shape index (κ1) is 115. The van der Waals surface area contributed by atoms with E-state index in [0.717, 1.165) is 73.8 Å². The number of phenols is 1. The summed E-state index contributed by atoms with van der Waals surface area (Å²) in [4.78, 5) is 170. The van der Waals surface area contributed by atoms with Gasteiger partial charge in [0.15, 0.2) is 29.1 Å². The van der Waals surface area contributed by atoms with E-state index in [1.807, 2.05) is 34.7 Å². The second kappa shape index (κ2) is 56.5. The fourth-order valence-electron chi connectivity index (χ4n) is 19.1. The number of hydrogen-bond donors (Lipinski definition) is 7. The largest absolute Gasteiger partial charge is 0.506 e. The molecule has 14 atom stereocenters. The van der Waals surface area contributed by atoms with Crippen molar-refractivity contribution in [3.05, 3.63) is 99.5 Å². The molecule has 142 heavy (non-hydrogen) atoms. The molecule has 39 heteroatoms. The van der Waals surface area contributed by atoms with Crippen LogP contribution in [-0.2, 0) is 68.5 Å². The van der Waals surface area contributed by atoms with Crippen LogP contribution < -0.4 is 50.4 Å². The Labute approximate surface area is 863 Å². The van der Waals surface area contributed by atoms with Crippen molar-refractivity contribution in [3.8, 4) is 28.7 Å². The maximum Gasteiger partial charge on any atom is 0.306 e. The summed E-state index contributed by atoms with van der Waals surface area (Å²) in [5, 5.41) is 36.1. The second-order valence-electron chi connectivity index (χ2n) is 38.3. The van der Waals surface area contributed by atoms with Crippen molar-refractivity contribution in [1.82, 2.24) is 48.4 Å². The van der Waals surface area contributed by atoms with Gasteiger partial charge in [-0.25, -0.2) is 4.98 Å². The quantitative estimate of drug-likeness (QED) is 0.00410. The van der Waals surface area contributed by atoms with Crippen LogP contribution in [0.5, 0.6) is 28.7 Å². The van der Waals surface area contributed by atoms with Crippen LogP contribution in [0.25, 0.3) is 0 Å². The summed E-state index contributed by atoms with van der Waals surface area (Å²) in [5.74, 6) is -3.92. The van der Waals surface area contributed by atoms with E-state index in [1.165, 1.54) is 82.5 Å². The molecular formula is C103H150IN13O22S3. The number of nitrogens with one attached hydrogen (secondary N) is 5. The summed E-state index contributed by atoms with van der Waals surface area (Å²) in [6.45, 7) is 30.5. The molecule has 0 spiro atoms. The number of ether oxygens (including phenoxy) is 9. The number of phenolic OH excluding ortho intramolecular Hbond substituents is 1. The first-order valence-corrected chi connectivity index (χ1v) is 53.9. The molecule has 7 N–H and O–H groups in total. The van der Waals surface area contributed by atoms with Gasteiger partial charge in [-0.15, -0.1) is 23.1 Å². The van der Waals surface area contributed by atoms with Crippen LogP contribution >= 0.6 is 57.9 Å². The molecule has 7 heterocycles. The fraction of sp³-hybridized carbons (Fsp3) is 0.641. The zero-order valence-corrected chi connectivity index (χ0v) is 89.7. The fourth-order valence-corrected chi connectivity index (χ4v) is 24.7. The minimum atomic E-state index is -1.09. The van der Waals surface area contributed by atoms with Gasteiger partial charge in [0, 0.05) is 118 Å². The van der Waals surface area contributed by atoms with E-state index in [-0.39, 0.29) is 199 Å². The Bertz CT molecular complexity index is 5010. The smallest absolute Gasteiger partial charge is 0.306 e. The number of aliphatic carboxylic acids is 1. The SMILES string of the molecule is C=C1C[C@H]2CN(C(=O)CCOCCOCCNC(=O)C3SC(CC)(CCC)N(I)SC3C(=O)NCCOCCOCCC(=O)Nc3cc(C[C@@H](CC(C)C(=O)O)NC(=O)c4csc([C@@H](C[C@H](C(C)C)N(C)C(=O)[C@@H](NC(=O)[C@H]5CCCC(C(C)CCCCCC)N5C)[C@@H](C)CC)OC(C)=O)n4)ccc3O)c3cc(OCCCCCOc4cc5c(cc4OC)C(=O)N4CC(=C)C[C@H]4C=N5)c(OC)cc3C(=O)N2C1. The molecular weight excluding hydrogens is 1990 g/mol. The number of halogens is 1. The number of piperidine rings is 1. The monoisotopic (exact) mass is 2140 g/mol. The Morgan fingerprint density at radius 3 is 1.98 bits per heavy atom. The van der Waals surface area contributed by atoms with E-state index in [2.05, 4.69) is 108 Å². The number of carboxylic acids is 1. The van der Waals surface area contributed by atoms with E-state index in [4.69, 9.17) is 42.6 Å². The lowest BCUT2D eigenvalue weighted by atomic mass is 9.85. The molecule has 3 aromatic carbocycles. The van der Waals surface area contributed by atoms with Gasteiger partial charge in [-0.05, 0) is 138 Å². The average molecular weight is 2150 g/mol. The molecule has 4 saturated heterocycles. The van der Waals surface area contributed by atoms with Crippen LogP contribution in [0, 0.1) is 23.7 Å². The van der Waals surface area contributed by atoms with Gasteiger partial charge in [-0.1, -0.05) is 143 Å². The second-order valence-corrected chi connectivity index (χ2v) is 43.4. The summed E-state index contributed by atoms with van der Waals surface area (Å²) in [6.07, 6.45) is 15.6. The number of likely N-dealkylation sites (tertiary alicyclic amines) is 1. The van der Waals surface area contributed by atoms with Crippen LogP contribution in [-0.4, -0.2) is 293 Å². The van der Waals surface area contributed by atoms with Crippen molar-refractivity contribution >= 4 is 146 Å². The molecule has 4 aromatic rings. The number of carbonyl (C=O) groups excluding carboxylic acids is 10. The van der Waals surface area contributed by atoms with Crippen molar-refractivity contribution in [3.63, 3.8) is 0 Å². The summed E-state index contributed by atoms with van der Waals surface area (Å²) < 4.78 is 55.2. The number of aromatic nitrogens is 1. The third kappa shape index (κ3) is 31.7. The van der Waals surface area contributed by atoms with E-state index >= 15 is 0 Å². The number of thiazole rings is 1. The molecule has 0 radical (unpaired) electrons. The minimum Gasteiger partial charge on any atom is -0.506 e. The standard InChI is InChI=1S/C103H150IN13O22S3/c1-17-21-22-24-28-67(10)79-29-27-30-80(112(79)13)95(123)111-91(66(9)19-3)101(128)113(14)81(63(5)6)56-88(139-69(12)118)98-110-78(62-140-98)94(122)108-71(50-68(11)102(129)130)51-70-31-32-83(119)77(52-70)109-89(120)33-40-133-44-46-136-43-37-106-97(125)93-92(141-103(20-4,35-18-2)117(104)142-93)96(124)105-36-42-135-47-45-134-41-34-90(121)116-61-73-49-65(8)60-115(73)100(127)75-54-85(132-16)87(57-82(75)116)138-39-26-23-25-38-137-86-55-76-74(53-84(86)131-15)99(126)114-59-64(7)48-72(114)58-107-76/h31-32,52-55,57-58,62-63,66-68,71-73,79-81,88,91-93,119H,7-8,17-30,33-51,56,59-61H2,1-6,9-16H3,(H,105,124)(H,106,125)(H,108,122)(H,109,120)(H,111,123)(H,129,130)/t66-,67?,68?,71+,72-,73-,79?,80+,81+,88+,91-,92?,93?,103?/m0/s1. The number of likely N-dealkylation sites (N-methyl/N-ethyl adjacent to an activating group) is 2. The number of nitrogens with zero attached hydrogens (tertiary/aromatic N) is 8. The molecule has 1 aromatic heterocycles. The molecule has 6 aliphatic rings. The number of esters is 1. The molecule has 0 saturated carbocycles. The Kier molecular flexibility index (Phi) is 45.6. The highest BCUT2D eigenvalue weighted by Crippen LogP contribution is 2.54. The molecule has 9 amide bonds. The first-order chi connectivity index (χ1) is 68.1. The Hall–Kier alpha value is -9.20. The number of aromatic hydroxyl groups is 1. The number of amides is 9. The predicted molar refractivity (Wildman–Crippen MR) is 558 cm³/mol. The Balaban J connectivity index is 0.631. The van der Waals surface area contributed by atoms with Gasteiger partial charge < -0.3 is 99.0 Å². The topological polar surface area (TPSA) is 416 Å². The van der Waals surface area contributed by atoms with Gasteiger partial charge in [0.1, 0.15) is 33.0 Å². The third-order valence-corrected chi connectivity index (χ3v) is 33.6. The molecule has 4 fully saturated rings. The number of hydrogen-bond acceptors (Lipinski definition) is 28. The summed E-state index contributed by atoms with van der Waals surface area (Å²) in [7, 11) is 6.78. The number of rotatable bonds is 58. The zero-order chi connectivity index (χ0) is 103. The minimum absolute atomic E-state index is 0.00103. The van der Waals surface area contributed by atoms with Crippen molar-refractivity contribution in [2.75, 3.05) is 137 Å². The lowest BCUT2D eigenvalue weighted by molar-refractivity contribution is -0.149. The highest BCUT2D eigenvalue weighted by Gasteiger charge is 2.52. The molecule has 0 bridgehead atoms. The number of anilines is 2. The Morgan fingerprint density at radius 2 is 1.34 bits per heavy atom. The summed E-state index contributed by atoms with van der Waals surface area (Å²) in [6, 6.07) is 8.62. The average Bonchev–Trinajstić information content (AvgIpc) is 1.68. The van der Waals surface area contributed by atoms with Crippen LogP contribution in [0.1, 0.15) is 252 Å². The third-order valence-electron chi connectivity index (χ3n) is 27.4. The summed E-state index contributed by atoms with van der Waals surface area (Å²) in [5.41, 5.74) is 4.18. The van der Waals surface area contributed by atoms with Gasteiger partial charge >= 0.3 is 11.9 Å². The predicted octanol–water partition coefficient (Wildman–Crippen LogP) is 14.4. The van der Waals surface area contributed by atoms with E-state index in [0.29, 0.717) is 127 Å². The van der Waals surface area contributed by atoms with Crippen LogP contribution in [0.3, 0.4) is 0 Å². The molecule has 35 nitrogen and oxygen atoms in total. The van der Waals surface area contributed by atoms with Gasteiger partial charge in [0.05, 0.1) is 150 Å². The van der Waals surface area contributed by atoms with Gasteiger partial charge in [-0.3, -0.25) is 62.6 Å². The summed E-state index contributed by atoms with van der Waals surface area (Å²) >= 11 is 6.12. The maximum absolute atomic E-state index is 14.8. The lowest BCUT2D eigenvalue weighted by Crippen LogP contribution is -2.59. The van der Waals surface area contributed by atoms with Crippen LogP contribution in [0.15, 0.2) is 77.1 Å². The van der Waals surface area contributed by atoms with E-state index in [1.54, 1.807) is 69.3 Å². The number of aliphatic imine (C=N–C) groups is 1. The number of carbonyl (C=O) groups is 11. The number of unbranched alkanes of at least 4 members (excludes halogenated alkanes) is 5. The highest BCUT2D eigenvalue weighted by molar-refractivity contribution is 14.1. The number of fused-ring (bicyclic) bond motifs is 4. The zero-order valence-electron chi connectivity index (χ0n) is 85.1. The molecule has 10 rings (SSSR count). The van der Waals surface area contributed by atoms with Crippen molar-refractivity contribution in [2.45, 2.75) is 274 Å². The highest BCUT2D eigenvalue weighted by atomic mass is 127.